The van der Waals surface area contributed by atoms with Gasteiger partial charge in [0.2, 0.25) is 0 Å². The second-order valence-electron chi connectivity index (χ2n) is 4.50. The number of rotatable bonds is 3. The van der Waals surface area contributed by atoms with Crippen molar-refractivity contribution >= 4 is 27.4 Å². The highest BCUT2D eigenvalue weighted by atomic mass is 35.5. The summed E-state index contributed by atoms with van der Waals surface area (Å²) in [5.41, 5.74) is -0.707. The van der Waals surface area contributed by atoms with Gasteiger partial charge in [0.15, 0.2) is 21.3 Å². The van der Waals surface area contributed by atoms with E-state index >= 15 is 0 Å². The van der Waals surface area contributed by atoms with Crippen molar-refractivity contribution in [1.82, 2.24) is 9.97 Å². The summed E-state index contributed by atoms with van der Waals surface area (Å²) < 4.78 is 37.9. The lowest BCUT2D eigenvalue weighted by Gasteiger charge is -2.11. The van der Waals surface area contributed by atoms with Crippen molar-refractivity contribution in [2.24, 2.45) is 0 Å². The molecule has 2 rings (SSSR count). The first-order valence-electron chi connectivity index (χ1n) is 5.88. The van der Waals surface area contributed by atoms with E-state index in [0.29, 0.717) is 0 Å². The Morgan fingerprint density at radius 2 is 2.00 bits per heavy atom. The number of benzene rings is 1. The minimum atomic E-state index is -3.74. The number of halogens is 2. The van der Waals surface area contributed by atoms with Crippen LogP contribution in [0.5, 0.6) is 0 Å². The van der Waals surface area contributed by atoms with E-state index in [1.54, 1.807) is 0 Å². The zero-order valence-corrected chi connectivity index (χ0v) is 13.0. The van der Waals surface area contributed by atoms with Crippen molar-refractivity contribution in [2.45, 2.75) is 11.8 Å². The average molecular weight is 345 g/mol. The molecule has 0 unspecified atom stereocenters. The second-order valence-corrected chi connectivity index (χ2v) is 6.89. The Bertz CT molecular complexity index is 884. The highest BCUT2D eigenvalue weighted by molar-refractivity contribution is 7.90. The predicted molar refractivity (Wildman–Crippen MR) is 77.2 cm³/mol. The molecule has 2 aromatic rings. The highest BCUT2D eigenvalue weighted by Gasteiger charge is 2.23. The molecule has 0 fully saturated rings. The maximum Gasteiger partial charge on any atom is 0.356 e. The molecule has 6 nitrogen and oxygen atoms in total. The number of carbonyl (C=O) groups is 1. The molecule has 0 aliphatic carbocycles. The topological polar surface area (TPSA) is 97.2 Å². The van der Waals surface area contributed by atoms with Crippen LogP contribution in [-0.2, 0) is 9.84 Å². The van der Waals surface area contributed by atoms with E-state index < -0.39 is 21.6 Å². The van der Waals surface area contributed by atoms with Gasteiger partial charge in [0.05, 0.1) is 33.1 Å². The summed E-state index contributed by atoms with van der Waals surface area (Å²) >= 11 is 5.70. The molecule has 1 heterocycles. The number of carboxylic acids is 1. The van der Waals surface area contributed by atoms with Gasteiger partial charge in [0.1, 0.15) is 0 Å². The van der Waals surface area contributed by atoms with Crippen molar-refractivity contribution in [3.63, 3.8) is 0 Å². The van der Waals surface area contributed by atoms with Crippen LogP contribution in [0, 0.1) is 12.7 Å². The number of sulfone groups is 1. The highest BCUT2D eigenvalue weighted by Crippen LogP contribution is 2.33. The Kier molecular flexibility index (Phi) is 4.17. The first-order valence-corrected chi connectivity index (χ1v) is 8.15. The molecule has 9 heteroatoms. The van der Waals surface area contributed by atoms with Gasteiger partial charge in [-0.05, 0) is 19.1 Å². The fourth-order valence-corrected chi connectivity index (χ4v) is 2.93. The standard InChI is InChI=1S/C13H10ClFN2O4S/c1-6-12(13(18)19)16-5-8(17-6)10-9(22(2,20)21)4-3-7(14)11(10)15/h3-5H,1-2H3,(H,18,19). The predicted octanol–water partition coefficient (Wildman–Crippen LogP) is 2.35. The summed E-state index contributed by atoms with van der Waals surface area (Å²) in [5, 5.41) is 8.64. The van der Waals surface area contributed by atoms with Gasteiger partial charge in [-0.15, -0.1) is 0 Å². The van der Waals surface area contributed by atoms with E-state index in [0.717, 1.165) is 24.6 Å². The number of hydrogen-bond acceptors (Lipinski definition) is 5. The quantitative estimate of drug-likeness (QED) is 0.917. The Balaban J connectivity index is 2.80. The largest absolute Gasteiger partial charge is 0.476 e. The number of hydrogen-bond donors (Lipinski definition) is 1. The third kappa shape index (κ3) is 2.93. The smallest absolute Gasteiger partial charge is 0.356 e. The Morgan fingerprint density at radius 1 is 1.36 bits per heavy atom. The number of aromatic nitrogens is 2. The molecule has 0 saturated carbocycles. The van der Waals surface area contributed by atoms with Crippen LogP contribution >= 0.6 is 11.6 Å². The van der Waals surface area contributed by atoms with Crippen LogP contribution in [0.15, 0.2) is 23.2 Å². The molecular weight excluding hydrogens is 335 g/mol. The van der Waals surface area contributed by atoms with E-state index in [1.807, 2.05) is 0 Å². The zero-order valence-electron chi connectivity index (χ0n) is 11.5. The van der Waals surface area contributed by atoms with Crippen LogP contribution in [0.1, 0.15) is 16.2 Å². The van der Waals surface area contributed by atoms with Gasteiger partial charge in [0.25, 0.3) is 0 Å². The first kappa shape index (κ1) is 16.3. The van der Waals surface area contributed by atoms with Crippen molar-refractivity contribution in [1.29, 1.82) is 0 Å². The molecule has 1 aromatic carbocycles. The van der Waals surface area contributed by atoms with Gasteiger partial charge >= 0.3 is 5.97 Å². The van der Waals surface area contributed by atoms with E-state index in [9.17, 15) is 17.6 Å². The lowest BCUT2D eigenvalue weighted by atomic mass is 10.1. The molecule has 0 aliphatic rings. The van der Waals surface area contributed by atoms with Crippen LogP contribution in [0.25, 0.3) is 11.3 Å². The molecule has 0 aliphatic heterocycles. The van der Waals surface area contributed by atoms with Crippen molar-refractivity contribution < 1.29 is 22.7 Å². The van der Waals surface area contributed by atoms with Crippen LogP contribution in [0.4, 0.5) is 4.39 Å². The van der Waals surface area contributed by atoms with Crippen molar-refractivity contribution in [3.8, 4) is 11.3 Å². The third-order valence-corrected chi connectivity index (χ3v) is 4.29. The van der Waals surface area contributed by atoms with E-state index in [2.05, 4.69) is 9.97 Å². The molecule has 1 N–H and O–H groups in total. The normalized spacial score (nSPS) is 11.5. The van der Waals surface area contributed by atoms with E-state index in [1.165, 1.54) is 6.92 Å². The Hall–Kier alpha value is -2.06. The zero-order chi connectivity index (χ0) is 16.7. The number of nitrogens with zero attached hydrogens (tertiary/aromatic N) is 2. The maximum absolute atomic E-state index is 14.3. The molecule has 0 spiro atoms. The average Bonchev–Trinajstić information content (AvgIpc) is 2.39. The van der Waals surface area contributed by atoms with Gasteiger partial charge in [-0.3, -0.25) is 0 Å². The fraction of sp³-hybridized carbons (Fsp3) is 0.154. The number of aryl methyl sites for hydroxylation is 1. The number of aromatic carboxylic acids is 1. The summed E-state index contributed by atoms with van der Waals surface area (Å²) in [6.07, 6.45) is 1.92. The molecule has 116 valence electrons. The second kappa shape index (κ2) is 5.62. The SMILES string of the molecule is Cc1nc(-c2c(S(C)(=O)=O)ccc(Cl)c2F)cnc1C(=O)O. The van der Waals surface area contributed by atoms with E-state index in [-0.39, 0.29) is 32.6 Å². The lowest BCUT2D eigenvalue weighted by Crippen LogP contribution is -2.08. The summed E-state index contributed by atoms with van der Waals surface area (Å²) in [7, 11) is -3.74. The molecule has 0 bridgehead atoms. The molecular formula is C13H10ClFN2O4S. The summed E-state index contributed by atoms with van der Waals surface area (Å²) in [6, 6.07) is 2.29. The fourth-order valence-electron chi connectivity index (χ4n) is 1.89. The lowest BCUT2D eigenvalue weighted by molar-refractivity contribution is 0.0689. The minimum Gasteiger partial charge on any atom is -0.476 e. The molecule has 0 saturated heterocycles. The summed E-state index contributed by atoms with van der Waals surface area (Å²) in [6.45, 7) is 1.38. The summed E-state index contributed by atoms with van der Waals surface area (Å²) in [4.78, 5) is 18.2. The van der Waals surface area contributed by atoms with Crippen molar-refractivity contribution in [3.05, 3.63) is 40.6 Å². The van der Waals surface area contributed by atoms with Gasteiger partial charge < -0.3 is 5.11 Å². The number of carboxylic acid groups (broad SMARTS) is 1. The monoisotopic (exact) mass is 344 g/mol. The van der Waals surface area contributed by atoms with Crippen molar-refractivity contribution in [2.75, 3.05) is 6.26 Å². The molecule has 1 aromatic heterocycles. The molecule has 22 heavy (non-hydrogen) atoms. The van der Waals surface area contributed by atoms with Crippen LogP contribution < -0.4 is 0 Å². The van der Waals surface area contributed by atoms with E-state index in [4.69, 9.17) is 16.7 Å². The van der Waals surface area contributed by atoms with Gasteiger partial charge in [-0.25, -0.2) is 27.6 Å². The third-order valence-electron chi connectivity index (χ3n) is 2.86. The van der Waals surface area contributed by atoms with Gasteiger partial charge in [-0.2, -0.15) is 0 Å². The van der Waals surface area contributed by atoms with Gasteiger partial charge in [0, 0.05) is 6.26 Å². The Labute approximate surface area is 130 Å². The summed E-state index contributed by atoms with van der Waals surface area (Å²) in [5.74, 6) is -2.24. The minimum absolute atomic E-state index is 0.0313. The van der Waals surface area contributed by atoms with Crippen LogP contribution in [-0.4, -0.2) is 35.7 Å². The molecule has 0 amide bonds. The van der Waals surface area contributed by atoms with Crippen LogP contribution in [0.3, 0.4) is 0 Å². The Morgan fingerprint density at radius 3 is 2.50 bits per heavy atom. The molecule has 0 radical (unpaired) electrons. The van der Waals surface area contributed by atoms with Gasteiger partial charge in [-0.1, -0.05) is 11.6 Å². The molecule has 0 atom stereocenters. The first-order chi connectivity index (χ1) is 10.1. The maximum atomic E-state index is 14.3. The van der Waals surface area contributed by atoms with Crippen LogP contribution in [0.2, 0.25) is 5.02 Å².